The highest BCUT2D eigenvalue weighted by Gasteiger charge is 2.22. The first kappa shape index (κ1) is 36.2. The van der Waals surface area contributed by atoms with E-state index in [4.69, 9.17) is 4.98 Å². The SMILES string of the molecule is c1ccc2cc(-c3c4ccc(-n5c6ccccc6c6ccccc65)cc4c(-c4ccc(-c5nc6ccccc6s5)cc4)c4ccc(-n5c6ccccc6c6ccccc65)cc34)ccc2c1. The number of hydrogen-bond donors (Lipinski definition) is 0. The van der Waals surface area contributed by atoms with Gasteiger partial charge in [0.15, 0.2) is 0 Å². The van der Waals surface area contributed by atoms with Gasteiger partial charge in [0.2, 0.25) is 0 Å². The molecule has 0 aliphatic heterocycles. The highest BCUT2D eigenvalue weighted by atomic mass is 32.1. The van der Waals surface area contributed by atoms with Crippen molar-refractivity contribution in [3.8, 4) is 44.2 Å². The first-order valence-corrected chi connectivity index (χ1v) is 23.0. The van der Waals surface area contributed by atoms with Gasteiger partial charge in [-0.1, -0.05) is 158 Å². The number of thiazole rings is 1. The predicted molar refractivity (Wildman–Crippen MR) is 277 cm³/mol. The molecule has 0 bridgehead atoms. The maximum Gasteiger partial charge on any atom is 0.124 e. The van der Waals surface area contributed by atoms with Gasteiger partial charge in [0.1, 0.15) is 5.01 Å². The standard InChI is InChI=1S/C61H37N3S/c1-2-14-41-35-42(30-25-38(41)13-1)60-50-34-32-43(63-54-20-8-3-15-45(54)46-16-4-9-21-55(46)63)36-51(50)59(39-26-28-40(29-27-39)61-62-53-19-7-12-24-58(53)65-61)49-33-31-44(37-52(49)60)64-56-22-10-5-17-47(56)48-18-6-11-23-57(48)64/h1-37H. The van der Waals surface area contributed by atoms with Gasteiger partial charge in [-0.05, 0) is 121 Å². The van der Waals surface area contributed by atoms with Crippen LogP contribution in [0.25, 0.3) is 130 Å². The largest absolute Gasteiger partial charge is 0.309 e. The summed E-state index contributed by atoms with van der Waals surface area (Å²) >= 11 is 1.74. The van der Waals surface area contributed by atoms with Gasteiger partial charge in [-0.15, -0.1) is 11.3 Å². The number of fused-ring (bicyclic) bond motifs is 10. The van der Waals surface area contributed by atoms with Gasteiger partial charge in [-0.2, -0.15) is 0 Å². The van der Waals surface area contributed by atoms with Gasteiger partial charge in [0.25, 0.3) is 0 Å². The van der Waals surface area contributed by atoms with Crippen LogP contribution in [-0.2, 0) is 0 Å². The second-order valence-electron chi connectivity index (χ2n) is 17.1. The summed E-state index contributed by atoms with van der Waals surface area (Å²) in [5, 5.41) is 13.3. The molecule has 3 aromatic heterocycles. The lowest BCUT2D eigenvalue weighted by atomic mass is 9.85. The minimum absolute atomic E-state index is 1.03. The molecule has 11 aromatic carbocycles. The second-order valence-corrected chi connectivity index (χ2v) is 18.1. The van der Waals surface area contributed by atoms with Gasteiger partial charge >= 0.3 is 0 Å². The molecule has 3 heterocycles. The van der Waals surface area contributed by atoms with Crippen molar-refractivity contribution in [3.63, 3.8) is 0 Å². The number of hydrogen-bond acceptors (Lipinski definition) is 2. The number of para-hydroxylation sites is 5. The third-order valence-corrected chi connectivity index (χ3v) is 14.6. The topological polar surface area (TPSA) is 22.8 Å². The van der Waals surface area contributed by atoms with Gasteiger partial charge < -0.3 is 9.13 Å². The summed E-state index contributed by atoms with van der Waals surface area (Å²) in [7, 11) is 0. The molecule has 3 nitrogen and oxygen atoms in total. The molecule has 0 atom stereocenters. The minimum Gasteiger partial charge on any atom is -0.309 e. The molecule has 0 spiro atoms. The van der Waals surface area contributed by atoms with Crippen LogP contribution in [0, 0.1) is 0 Å². The number of rotatable bonds is 5. The van der Waals surface area contributed by atoms with Crippen LogP contribution < -0.4 is 0 Å². The van der Waals surface area contributed by atoms with E-state index in [-0.39, 0.29) is 0 Å². The normalized spacial score (nSPS) is 12.0. The summed E-state index contributed by atoms with van der Waals surface area (Å²) in [5.74, 6) is 0. The zero-order chi connectivity index (χ0) is 42.6. The van der Waals surface area contributed by atoms with Gasteiger partial charge in [-0.25, -0.2) is 4.98 Å². The Hall–Kier alpha value is -8.31. The Bertz CT molecular complexity index is 4100. The van der Waals surface area contributed by atoms with Crippen LogP contribution in [0.15, 0.2) is 224 Å². The zero-order valence-electron chi connectivity index (χ0n) is 35.1. The summed E-state index contributed by atoms with van der Waals surface area (Å²) in [6.07, 6.45) is 0. The molecule has 4 heteroatoms. The third kappa shape index (κ3) is 5.51. The summed E-state index contributed by atoms with van der Waals surface area (Å²) in [6.45, 7) is 0. The number of benzene rings is 11. The van der Waals surface area contributed by atoms with E-state index in [1.807, 2.05) is 0 Å². The fourth-order valence-electron chi connectivity index (χ4n) is 10.6. The number of nitrogens with zero attached hydrogens (tertiary/aromatic N) is 3. The summed E-state index contributed by atoms with van der Waals surface area (Å²) in [6, 6.07) is 82.6. The maximum atomic E-state index is 5.03. The Morgan fingerprint density at radius 1 is 0.308 bits per heavy atom. The van der Waals surface area contributed by atoms with Crippen molar-refractivity contribution >= 4 is 97.5 Å². The van der Waals surface area contributed by atoms with Crippen LogP contribution in [0.1, 0.15) is 0 Å². The third-order valence-electron chi connectivity index (χ3n) is 13.5. The van der Waals surface area contributed by atoms with Crippen LogP contribution in [0.5, 0.6) is 0 Å². The Labute approximate surface area is 378 Å². The minimum atomic E-state index is 1.03. The van der Waals surface area contributed by atoms with Crippen molar-refractivity contribution in [1.29, 1.82) is 0 Å². The molecule has 65 heavy (non-hydrogen) atoms. The smallest absolute Gasteiger partial charge is 0.124 e. The van der Waals surface area contributed by atoms with Gasteiger partial charge in [0.05, 0.1) is 32.3 Å². The van der Waals surface area contributed by atoms with Crippen LogP contribution >= 0.6 is 11.3 Å². The molecular formula is C61H37N3S. The average molecular weight is 844 g/mol. The van der Waals surface area contributed by atoms with E-state index < -0.39 is 0 Å². The van der Waals surface area contributed by atoms with E-state index in [1.165, 1.54) is 103 Å². The maximum absolute atomic E-state index is 5.03. The van der Waals surface area contributed by atoms with Crippen molar-refractivity contribution < 1.29 is 0 Å². The molecule has 0 saturated carbocycles. The molecule has 14 rings (SSSR count). The predicted octanol–water partition coefficient (Wildman–Crippen LogP) is 17.0. The van der Waals surface area contributed by atoms with E-state index in [0.717, 1.165) is 27.5 Å². The monoisotopic (exact) mass is 843 g/mol. The van der Waals surface area contributed by atoms with Crippen LogP contribution in [0.3, 0.4) is 0 Å². The molecule has 14 aromatic rings. The van der Waals surface area contributed by atoms with Crippen molar-refractivity contribution in [3.05, 3.63) is 224 Å². The van der Waals surface area contributed by atoms with E-state index in [2.05, 4.69) is 234 Å². The number of aromatic nitrogens is 3. The fourth-order valence-corrected chi connectivity index (χ4v) is 11.6. The Morgan fingerprint density at radius 3 is 1.31 bits per heavy atom. The lowest BCUT2D eigenvalue weighted by molar-refractivity contribution is 1.18. The average Bonchev–Trinajstić information content (AvgIpc) is 4.06. The highest BCUT2D eigenvalue weighted by molar-refractivity contribution is 7.21. The van der Waals surface area contributed by atoms with Crippen molar-refractivity contribution in [2.45, 2.75) is 0 Å². The summed E-state index contributed by atoms with van der Waals surface area (Å²) in [5.41, 5.74) is 14.0. The van der Waals surface area contributed by atoms with Crippen LogP contribution in [-0.4, -0.2) is 14.1 Å². The van der Waals surface area contributed by atoms with E-state index in [1.54, 1.807) is 11.3 Å². The molecule has 0 N–H and O–H groups in total. The Balaban J connectivity index is 1.10. The van der Waals surface area contributed by atoms with Crippen molar-refractivity contribution in [2.24, 2.45) is 0 Å². The highest BCUT2D eigenvalue weighted by Crippen LogP contribution is 2.47. The van der Waals surface area contributed by atoms with Gasteiger partial charge in [-0.3, -0.25) is 0 Å². The molecular weight excluding hydrogens is 807 g/mol. The van der Waals surface area contributed by atoms with Crippen LogP contribution in [0.4, 0.5) is 0 Å². The molecule has 302 valence electrons. The lowest BCUT2D eigenvalue weighted by Gasteiger charge is -2.21. The second kappa shape index (κ2) is 14.1. The molecule has 0 aliphatic carbocycles. The first-order chi connectivity index (χ1) is 32.2. The molecule has 0 amide bonds. The summed E-state index contributed by atoms with van der Waals surface area (Å²) in [4.78, 5) is 5.03. The zero-order valence-corrected chi connectivity index (χ0v) is 35.9. The van der Waals surface area contributed by atoms with E-state index in [9.17, 15) is 0 Å². The molecule has 0 saturated heterocycles. The van der Waals surface area contributed by atoms with Crippen LogP contribution in [0.2, 0.25) is 0 Å². The summed E-state index contributed by atoms with van der Waals surface area (Å²) < 4.78 is 6.08. The fraction of sp³-hybridized carbons (Fsp3) is 0. The first-order valence-electron chi connectivity index (χ1n) is 22.2. The van der Waals surface area contributed by atoms with E-state index >= 15 is 0 Å². The lowest BCUT2D eigenvalue weighted by Crippen LogP contribution is -1.98. The van der Waals surface area contributed by atoms with Crippen molar-refractivity contribution in [2.75, 3.05) is 0 Å². The Morgan fingerprint density at radius 2 is 0.754 bits per heavy atom. The molecule has 0 fully saturated rings. The molecule has 0 radical (unpaired) electrons. The molecule has 0 aliphatic rings. The van der Waals surface area contributed by atoms with Crippen molar-refractivity contribution in [1.82, 2.24) is 14.1 Å². The quantitative estimate of drug-likeness (QED) is 0.158. The van der Waals surface area contributed by atoms with Gasteiger partial charge in [0, 0.05) is 38.5 Å². The Kier molecular flexibility index (Phi) is 7.85. The van der Waals surface area contributed by atoms with E-state index in [0.29, 0.717) is 0 Å². The molecule has 0 unspecified atom stereocenters.